The largest absolute Gasteiger partial charge is 0.465 e. The smallest absolute Gasteiger partial charge is 0.306 e. The van der Waals surface area contributed by atoms with E-state index in [1.165, 1.54) is 70.6 Å². The van der Waals surface area contributed by atoms with Crippen molar-refractivity contribution in [3.8, 4) is 0 Å². The van der Waals surface area contributed by atoms with Crippen LogP contribution in [-0.4, -0.2) is 375 Å². The van der Waals surface area contributed by atoms with Crippen LogP contribution in [0.1, 0.15) is 77.0 Å². The molecule has 0 aliphatic rings. The van der Waals surface area contributed by atoms with E-state index in [1.54, 1.807) is 0 Å². The van der Waals surface area contributed by atoms with Crippen molar-refractivity contribution >= 4 is 106 Å². The van der Waals surface area contributed by atoms with Crippen molar-refractivity contribution in [1.29, 1.82) is 0 Å². The Labute approximate surface area is 619 Å². The summed E-state index contributed by atoms with van der Waals surface area (Å²) in [7, 11) is 0. The maximum Gasteiger partial charge on any atom is 0.306 e. The maximum absolute atomic E-state index is 13.6. The number of aliphatic hydroxyl groups is 12. The Morgan fingerprint density at radius 1 is 0.238 bits per heavy atom. The molecule has 31 nitrogen and oxygen atoms in total. The van der Waals surface area contributed by atoms with Crippen molar-refractivity contribution in [2.24, 2.45) is 10.8 Å². The summed E-state index contributed by atoms with van der Waals surface area (Å²) >= 11 is 8.58. The second kappa shape index (κ2) is 69.9. The molecule has 37 heteroatoms. The minimum Gasteiger partial charge on any atom is -0.465 e. The fraction of sp³-hybridized carbons (Fsp3) is 0.906. The number of hydrogen-bond acceptors (Lipinski definition) is 37. The van der Waals surface area contributed by atoms with Gasteiger partial charge in [-0.15, -0.1) is 0 Å². The Kier molecular flexibility index (Phi) is 68.6. The van der Waals surface area contributed by atoms with Gasteiger partial charge in [0.25, 0.3) is 0 Å². The first-order chi connectivity index (χ1) is 48.8. The fourth-order valence-electron chi connectivity index (χ4n) is 7.57. The minimum absolute atomic E-state index is 0.0382. The topological polar surface area (TPSA) is 465 Å². The molecule has 0 spiro atoms. The molecule has 0 rings (SSSR count). The molecule has 0 aromatic rings. The molecule has 596 valence electrons. The summed E-state index contributed by atoms with van der Waals surface area (Å²) in [5, 5.41) is 112. The van der Waals surface area contributed by atoms with Gasteiger partial charge < -0.3 is 123 Å². The highest BCUT2D eigenvalue weighted by molar-refractivity contribution is 8.00. The molecule has 0 saturated carbocycles. The van der Waals surface area contributed by atoms with Crippen molar-refractivity contribution in [3.05, 3.63) is 0 Å². The highest BCUT2D eigenvalue weighted by atomic mass is 32.2. The Hall–Kier alpha value is -1.84. The quantitative estimate of drug-likeness (QED) is 0.0208. The average Bonchev–Trinajstić information content (AvgIpc) is 0.845. The van der Waals surface area contributed by atoms with Crippen LogP contribution >= 0.6 is 70.6 Å². The van der Waals surface area contributed by atoms with Gasteiger partial charge in [0.05, 0.1) is 142 Å². The predicted octanol–water partition coefficient (Wildman–Crippen LogP) is -0.466. The average molecular weight is 1580 g/mol. The van der Waals surface area contributed by atoms with Crippen LogP contribution in [0.4, 0.5) is 0 Å². The highest BCUT2D eigenvalue weighted by Gasteiger charge is 2.41. The minimum atomic E-state index is -1.66. The number of ether oxygens (including phenoxy) is 13. The lowest BCUT2D eigenvalue weighted by atomic mass is 9.90. The van der Waals surface area contributed by atoms with Gasteiger partial charge in [0.15, 0.2) is 0 Å². The van der Waals surface area contributed by atoms with E-state index < -0.39 is 176 Å². The van der Waals surface area contributed by atoms with E-state index in [-0.39, 0.29) is 78.2 Å². The van der Waals surface area contributed by atoms with Crippen LogP contribution < -0.4 is 0 Å². The number of carbonyl (C=O) groups excluding carboxylic acids is 6. The van der Waals surface area contributed by atoms with Crippen LogP contribution in [0.25, 0.3) is 0 Å². The van der Waals surface area contributed by atoms with Crippen molar-refractivity contribution in [2.75, 3.05) is 241 Å². The third kappa shape index (κ3) is 62.9. The molecule has 0 amide bonds. The number of carbonyl (C=O) groups is 6. The van der Waals surface area contributed by atoms with Gasteiger partial charge in [-0.3, -0.25) is 28.8 Å². The zero-order valence-electron chi connectivity index (χ0n) is 58.4. The summed E-state index contributed by atoms with van der Waals surface area (Å²) in [4.78, 5) is 81.8. The summed E-state index contributed by atoms with van der Waals surface area (Å²) < 4.78 is 74.2. The first-order valence-electron chi connectivity index (χ1n) is 34.0. The third-order valence-corrected chi connectivity index (χ3v) is 19.8. The standard InChI is InChI=1S/C64H118O31S6/c65-31-51(71)37-83-13-1-19-96-25-7-57(77)90-45-63(46-91-58(78)8-26-97-20-2-14-84-38-52(72)32-66,47-92-59(79)9-27-98-21-3-15-85-39-53(73)33-67)43-89-44-64(48-93-60(80)10-28-99-22-4-16-86-40-54(74)34-68,49-94-61(81)11-29-100-23-5-17-87-41-55(75)35-69)50-95-62(82)12-30-101-24-6-18-88-42-56(76)36-70/h51-56,65-76H,1-50H2. The van der Waals surface area contributed by atoms with Crippen LogP contribution in [0.2, 0.25) is 0 Å². The molecule has 0 saturated heterocycles. The molecule has 0 heterocycles. The molecular weight excluding hydrogens is 1460 g/mol. The Morgan fingerprint density at radius 3 is 0.545 bits per heavy atom. The lowest BCUT2D eigenvalue weighted by Crippen LogP contribution is -2.47. The van der Waals surface area contributed by atoms with E-state index in [1.807, 2.05) is 0 Å². The summed E-state index contributed by atoms with van der Waals surface area (Å²) in [6.45, 7) is -5.34. The first-order valence-corrected chi connectivity index (χ1v) is 40.9. The third-order valence-electron chi connectivity index (χ3n) is 13.3. The summed E-state index contributed by atoms with van der Waals surface area (Å²) in [6, 6.07) is 0. The van der Waals surface area contributed by atoms with E-state index in [0.29, 0.717) is 147 Å². The number of thioether (sulfide) groups is 6. The second-order valence-electron chi connectivity index (χ2n) is 23.2. The summed E-state index contributed by atoms with van der Waals surface area (Å²) in [6.07, 6.45) is -3.09. The molecule has 6 unspecified atom stereocenters. The van der Waals surface area contributed by atoms with Crippen molar-refractivity contribution < 1.29 is 152 Å². The molecule has 0 radical (unpaired) electrons. The molecule has 0 bridgehead atoms. The zero-order valence-corrected chi connectivity index (χ0v) is 63.3. The van der Waals surface area contributed by atoms with E-state index in [2.05, 4.69) is 0 Å². The molecule has 0 aromatic heterocycles. The second-order valence-corrected chi connectivity index (χ2v) is 30.6. The van der Waals surface area contributed by atoms with Gasteiger partial charge in [0, 0.05) is 74.2 Å². The summed E-state index contributed by atoms with van der Waals surface area (Å²) in [5.41, 5.74) is -3.31. The zero-order chi connectivity index (χ0) is 74.7. The van der Waals surface area contributed by atoms with Crippen molar-refractivity contribution in [2.45, 2.75) is 114 Å². The molecule has 12 N–H and O–H groups in total. The maximum atomic E-state index is 13.6. The fourth-order valence-corrected chi connectivity index (χ4v) is 12.6. The number of esters is 6. The van der Waals surface area contributed by atoms with E-state index in [0.717, 1.165) is 0 Å². The van der Waals surface area contributed by atoms with E-state index in [4.69, 9.17) is 92.2 Å². The number of aliphatic hydroxyl groups excluding tert-OH is 12. The van der Waals surface area contributed by atoms with E-state index >= 15 is 0 Å². The van der Waals surface area contributed by atoms with Crippen LogP contribution in [-0.2, 0) is 90.3 Å². The van der Waals surface area contributed by atoms with Crippen molar-refractivity contribution in [1.82, 2.24) is 0 Å². The van der Waals surface area contributed by atoms with Gasteiger partial charge >= 0.3 is 35.8 Å². The normalized spacial score (nSPS) is 14.6. The Balaban J connectivity index is 7.24. The molecule has 0 aromatic carbocycles. The Morgan fingerprint density at radius 2 is 0.396 bits per heavy atom. The first kappa shape index (κ1) is 99.2. The summed E-state index contributed by atoms with van der Waals surface area (Å²) in [5.74, 6) is 1.35. The van der Waals surface area contributed by atoms with Crippen LogP contribution in [0.15, 0.2) is 0 Å². The molecule has 0 aliphatic heterocycles. The van der Waals surface area contributed by atoms with Crippen LogP contribution in [0, 0.1) is 10.8 Å². The van der Waals surface area contributed by atoms with Gasteiger partial charge in [-0.1, -0.05) is 0 Å². The lowest BCUT2D eigenvalue weighted by Gasteiger charge is -2.35. The number of rotatable bonds is 76. The molecule has 0 fully saturated rings. The van der Waals surface area contributed by atoms with Gasteiger partial charge in [0.2, 0.25) is 0 Å². The SMILES string of the molecule is O=C(CCSCCCOCC(O)CO)OCC(COCC(COC(=O)CCSCCCOCC(O)CO)(COC(=O)CCSCCCOCC(O)CO)COC(=O)CCSCCCOCC(O)CO)(COC(=O)CCSCCCOCC(O)CO)COC(=O)CCSCCCOCC(O)CO. The highest BCUT2D eigenvalue weighted by Crippen LogP contribution is 2.28. The molecular formula is C64H118O31S6. The van der Waals surface area contributed by atoms with Gasteiger partial charge in [-0.2, -0.15) is 70.6 Å². The molecule has 0 aliphatic carbocycles. The van der Waals surface area contributed by atoms with Crippen LogP contribution in [0.3, 0.4) is 0 Å². The predicted molar refractivity (Wildman–Crippen MR) is 384 cm³/mol. The van der Waals surface area contributed by atoms with Gasteiger partial charge in [-0.05, 0) is 73.0 Å². The van der Waals surface area contributed by atoms with Crippen molar-refractivity contribution in [3.63, 3.8) is 0 Å². The van der Waals surface area contributed by atoms with Gasteiger partial charge in [0.1, 0.15) is 76.3 Å². The monoisotopic (exact) mass is 1570 g/mol. The van der Waals surface area contributed by atoms with E-state index in [9.17, 15) is 59.4 Å². The van der Waals surface area contributed by atoms with Gasteiger partial charge in [-0.25, -0.2) is 0 Å². The molecule has 101 heavy (non-hydrogen) atoms. The number of hydrogen-bond donors (Lipinski definition) is 12. The molecule has 6 atom stereocenters. The Bertz CT molecular complexity index is 1660. The lowest BCUT2D eigenvalue weighted by molar-refractivity contribution is -0.174. The van der Waals surface area contributed by atoms with Crippen LogP contribution in [0.5, 0.6) is 0 Å².